The van der Waals surface area contributed by atoms with Gasteiger partial charge in [0.1, 0.15) is 0 Å². The molecule has 1 heterocycles. The quantitative estimate of drug-likeness (QED) is 0.760. The molecule has 7 heteroatoms. The Morgan fingerprint density at radius 3 is 2.64 bits per heavy atom. The van der Waals surface area contributed by atoms with E-state index in [1.54, 1.807) is 11.8 Å². The topological polar surface area (TPSA) is 44.4 Å². The van der Waals surface area contributed by atoms with Crippen molar-refractivity contribution in [2.45, 2.75) is 17.1 Å². The van der Waals surface area contributed by atoms with Crippen LogP contribution >= 0.6 is 35.8 Å². The number of nitrogens with zero attached hydrogens (tertiary/aromatic N) is 1. The third-order valence-electron chi connectivity index (χ3n) is 3.43. The van der Waals surface area contributed by atoms with E-state index in [2.05, 4.69) is 15.5 Å². The smallest absolute Gasteiger partial charge is 0.233 e. The van der Waals surface area contributed by atoms with Gasteiger partial charge in [-0.05, 0) is 31.2 Å². The van der Waals surface area contributed by atoms with Crippen molar-refractivity contribution in [2.75, 3.05) is 39.3 Å². The first-order valence-corrected chi connectivity index (χ1v) is 8.54. The molecule has 1 aromatic rings. The lowest BCUT2D eigenvalue weighted by molar-refractivity contribution is -0.120. The summed E-state index contributed by atoms with van der Waals surface area (Å²) < 4.78 is 0. The third-order valence-corrected chi connectivity index (χ3v) is 4.80. The zero-order valence-corrected chi connectivity index (χ0v) is 15.1. The Morgan fingerprint density at radius 2 is 2.00 bits per heavy atom. The van der Waals surface area contributed by atoms with E-state index in [1.807, 2.05) is 31.2 Å². The summed E-state index contributed by atoms with van der Waals surface area (Å²) in [5, 5.41) is 6.95. The maximum Gasteiger partial charge on any atom is 0.233 e. The molecule has 0 aromatic heterocycles. The van der Waals surface area contributed by atoms with Crippen molar-refractivity contribution >= 4 is 41.7 Å². The van der Waals surface area contributed by atoms with Crippen molar-refractivity contribution < 1.29 is 4.79 Å². The van der Waals surface area contributed by atoms with Crippen LogP contribution in [0.25, 0.3) is 0 Å². The SMILES string of the molecule is CC(Sc1ccc(Cl)cc1)C(=O)NCCN1CCNCC1.Cl. The second-order valence-corrected chi connectivity index (χ2v) is 6.95. The largest absolute Gasteiger partial charge is 0.354 e. The number of carbonyl (C=O) groups excluding carboxylic acids is 1. The van der Waals surface area contributed by atoms with Crippen LogP contribution < -0.4 is 10.6 Å². The predicted octanol–water partition coefficient (Wildman–Crippen LogP) is 2.26. The highest BCUT2D eigenvalue weighted by molar-refractivity contribution is 8.00. The van der Waals surface area contributed by atoms with E-state index < -0.39 is 0 Å². The monoisotopic (exact) mass is 363 g/mol. The number of piperazine rings is 1. The van der Waals surface area contributed by atoms with Gasteiger partial charge in [-0.1, -0.05) is 11.6 Å². The maximum absolute atomic E-state index is 12.1. The molecule has 1 fully saturated rings. The summed E-state index contributed by atoms with van der Waals surface area (Å²) in [6, 6.07) is 7.58. The van der Waals surface area contributed by atoms with Crippen molar-refractivity contribution in [1.82, 2.24) is 15.5 Å². The van der Waals surface area contributed by atoms with Crippen LogP contribution in [0, 0.1) is 0 Å². The van der Waals surface area contributed by atoms with Gasteiger partial charge in [0, 0.05) is 49.2 Å². The average Bonchev–Trinajstić information content (AvgIpc) is 2.50. The van der Waals surface area contributed by atoms with Crippen molar-refractivity contribution in [1.29, 1.82) is 0 Å². The summed E-state index contributed by atoms with van der Waals surface area (Å²) in [6.07, 6.45) is 0. The van der Waals surface area contributed by atoms with Gasteiger partial charge in [0.25, 0.3) is 0 Å². The van der Waals surface area contributed by atoms with Gasteiger partial charge in [0.05, 0.1) is 5.25 Å². The van der Waals surface area contributed by atoms with Gasteiger partial charge in [-0.25, -0.2) is 0 Å². The zero-order chi connectivity index (χ0) is 15.1. The van der Waals surface area contributed by atoms with Crippen molar-refractivity contribution in [3.8, 4) is 0 Å². The molecule has 0 radical (unpaired) electrons. The molecule has 1 aromatic carbocycles. The molecule has 2 rings (SSSR count). The Hall–Kier alpha value is -0.460. The maximum atomic E-state index is 12.1. The van der Waals surface area contributed by atoms with Crippen molar-refractivity contribution in [3.63, 3.8) is 0 Å². The van der Waals surface area contributed by atoms with Gasteiger partial charge in [0.15, 0.2) is 0 Å². The second kappa shape index (κ2) is 10.3. The molecule has 0 aliphatic carbocycles. The van der Waals surface area contributed by atoms with Crippen molar-refractivity contribution in [3.05, 3.63) is 29.3 Å². The normalized spacial score (nSPS) is 16.6. The minimum absolute atomic E-state index is 0. The highest BCUT2D eigenvalue weighted by atomic mass is 35.5. The van der Waals surface area contributed by atoms with Crippen LogP contribution in [-0.2, 0) is 4.79 Å². The second-order valence-electron chi connectivity index (χ2n) is 5.10. The molecule has 124 valence electrons. The number of nitrogens with one attached hydrogen (secondary N) is 2. The summed E-state index contributed by atoms with van der Waals surface area (Å²) in [7, 11) is 0. The lowest BCUT2D eigenvalue weighted by Crippen LogP contribution is -2.46. The number of halogens is 2. The van der Waals surface area contributed by atoms with Gasteiger partial charge in [0.2, 0.25) is 5.91 Å². The minimum Gasteiger partial charge on any atom is -0.354 e. The van der Waals surface area contributed by atoms with Gasteiger partial charge < -0.3 is 10.6 Å². The number of rotatable bonds is 6. The van der Waals surface area contributed by atoms with Crippen LogP contribution in [0.1, 0.15) is 6.92 Å². The molecule has 0 saturated carbocycles. The average molecular weight is 364 g/mol. The molecule has 1 unspecified atom stereocenters. The number of amides is 1. The van der Waals surface area contributed by atoms with Crippen LogP contribution in [-0.4, -0.2) is 55.3 Å². The van der Waals surface area contributed by atoms with E-state index >= 15 is 0 Å². The molecule has 0 bridgehead atoms. The van der Waals surface area contributed by atoms with Crippen LogP contribution in [0.5, 0.6) is 0 Å². The van der Waals surface area contributed by atoms with Gasteiger partial charge >= 0.3 is 0 Å². The fourth-order valence-corrected chi connectivity index (χ4v) is 3.20. The van der Waals surface area contributed by atoms with E-state index in [0.29, 0.717) is 11.6 Å². The molecule has 22 heavy (non-hydrogen) atoms. The molecular formula is C15H23Cl2N3OS. The van der Waals surface area contributed by atoms with Gasteiger partial charge in [-0.15, -0.1) is 24.2 Å². The Morgan fingerprint density at radius 1 is 1.36 bits per heavy atom. The molecule has 2 N–H and O–H groups in total. The lowest BCUT2D eigenvalue weighted by atomic mass is 10.3. The van der Waals surface area contributed by atoms with E-state index in [0.717, 1.165) is 37.6 Å². The minimum atomic E-state index is -0.103. The number of hydrogen-bond donors (Lipinski definition) is 2. The molecule has 1 aliphatic rings. The molecule has 0 spiro atoms. The van der Waals surface area contributed by atoms with E-state index in [-0.39, 0.29) is 23.6 Å². The zero-order valence-electron chi connectivity index (χ0n) is 12.7. The summed E-state index contributed by atoms with van der Waals surface area (Å²) in [5.74, 6) is 0.0880. The summed E-state index contributed by atoms with van der Waals surface area (Å²) >= 11 is 7.41. The Balaban J connectivity index is 0.00000242. The van der Waals surface area contributed by atoms with Crippen LogP contribution in [0.15, 0.2) is 29.2 Å². The van der Waals surface area contributed by atoms with Crippen LogP contribution in [0.3, 0.4) is 0 Å². The molecule has 1 amide bonds. The van der Waals surface area contributed by atoms with Crippen molar-refractivity contribution in [2.24, 2.45) is 0 Å². The van der Waals surface area contributed by atoms with Gasteiger partial charge in [-0.3, -0.25) is 9.69 Å². The highest BCUT2D eigenvalue weighted by Gasteiger charge is 2.15. The predicted molar refractivity (Wildman–Crippen MR) is 96.3 cm³/mol. The van der Waals surface area contributed by atoms with E-state index in [4.69, 9.17) is 11.6 Å². The van der Waals surface area contributed by atoms with Crippen LogP contribution in [0.4, 0.5) is 0 Å². The molecular weight excluding hydrogens is 341 g/mol. The molecule has 1 aliphatic heterocycles. The first-order valence-electron chi connectivity index (χ1n) is 7.28. The Labute approximate surface area is 147 Å². The number of carbonyl (C=O) groups is 1. The molecule has 1 saturated heterocycles. The first-order chi connectivity index (χ1) is 10.1. The van der Waals surface area contributed by atoms with E-state index in [1.165, 1.54) is 0 Å². The number of benzene rings is 1. The molecule has 4 nitrogen and oxygen atoms in total. The fraction of sp³-hybridized carbons (Fsp3) is 0.533. The standard InChI is InChI=1S/C15H22ClN3OS.ClH/c1-12(21-14-4-2-13(16)3-5-14)15(20)18-8-11-19-9-6-17-7-10-19;/h2-5,12,17H,6-11H2,1H3,(H,18,20);1H. The fourth-order valence-electron chi connectivity index (χ4n) is 2.19. The number of hydrogen-bond acceptors (Lipinski definition) is 4. The van der Waals surface area contributed by atoms with Gasteiger partial charge in [-0.2, -0.15) is 0 Å². The summed E-state index contributed by atoms with van der Waals surface area (Å²) in [4.78, 5) is 15.5. The Bertz CT molecular complexity index is 453. The summed E-state index contributed by atoms with van der Waals surface area (Å²) in [6.45, 7) is 7.76. The number of thioether (sulfide) groups is 1. The lowest BCUT2D eigenvalue weighted by Gasteiger charge is -2.27. The highest BCUT2D eigenvalue weighted by Crippen LogP contribution is 2.24. The molecule has 1 atom stereocenters. The third kappa shape index (κ3) is 6.75. The summed E-state index contributed by atoms with van der Waals surface area (Å²) in [5.41, 5.74) is 0. The first kappa shape index (κ1) is 19.6. The van der Waals surface area contributed by atoms with E-state index in [9.17, 15) is 4.79 Å². The Kier molecular flexibility index (Phi) is 9.21. The van der Waals surface area contributed by atoms with Crippen LogP contribution in [0.2, 0.25) is 5.02 Å².